The lowest BCUT2D eigenvalue weighted by atomic mass is 10.2. The Hall–Kier alpha value is -2.63. The summed E-state index contributed by atoms with van der Waals surface area (Å²) < 4.78 is 5.35. The number of nitrogens with zero attached hydrogens (tertiary/aromatic N) is 1. The molecule has 1 aromatic carbocycles. The summed E-state index contributed by atoms with van der Waals surface area (Å²) in [6, 6.07) is 9.10. The molecular formula is C13H12N2O4. The Morgan fingerprint density at radius 2 is 2.05 bits per heavy atom. The lowest BCUT2D eigenvalue weighted by Crippen LogP contribution is -2.33. The zero-order chi connectivity index (χ0) is 13.7. The lowest BCUT2D eigenvalue weighted by molar-refractivity contribution is -0.138. The van der Waals surface area contributed by atoms with Gasteiger partial charge in [-0.25, -0.2) is 0 Å². The fraction of sp³-hybridized carbons (Fsp3) is 0.154. The first-order chi connectivity index (χ1) is 9.16. The molecule has 1 aromatic heterocycles. The number of amides is 1. The topological polar surface area (TPSA) is 88.5 Å². The highest BCUT2D eigenvalue weighted by Crippen LogP contribution is 2.22. The third-order valence-corrected chi connectivity index (χ3v) is 2.39. The SMILES string of the molecule is O=C(O)CNC(=O)COc1cccc2cccnc12. The fourth-order valence-electron chi connectivity index (χ4n) is 1.56. The highest BCUT2D eigenvalue weighted by atomic mass is 16.5. The molecule has 0 radical (unpaired) electrons. The normalized spacial score (nSPS) is 10.1. The highest BCUT2D eigenvalue weighted by Gasteiger charge is 2.07. The van der Waals surface area contributed by atoms with Crippen LogP contribution < -0.4 is 10.1 Å². The molecule has 0 aliphatic heterocycles. The summed E-state index contributed by atoms with van der Waals surface area (Å²) in [6.45, 7) is -0.668. The first kappa shape index (κ1) is 12.8. The predicted octanol–water partition coefficient (Wildman–Crippen LogP) is 0.814. The average Bonchev–Trinajstić information content (AvgIpc) is 2.42. The number of carboxylic acids is 1. The van der Waals surface area contributed by atoms with E-state index in [0.717, 1.165) is 5.39 Å². The monoisotopic (exact) mass is 260 g/mol. The second-order valence-corrected chi connectivity index (χ2v) is 3.79. The van der Waals surface area contributed by atoms with Gasteiger partial charge in [0.2, 0.25) is 0 Å². The number of carbonyl (C=O) groups excluding carboxylic acids is 1. The summed E-state index contributed by atoms with van der Waals surface area (Å²) in [6.07, 6.45) is 1.64. The van der Waals surface area contributed by atoms with Crippen LogP contribution in [0.4, 0.5) is 0 Å². The first-order valence-corrected chi connectivity index (χ1v) is 5.62. The number of pyridine rings is 1. The van der Waals surface area contributed by atoms with E-state index in [9.17, 15) is 9.59 Å². The second kappa shape index (κ2) is 5.81. The average molecular weight is 260 g/mol. The van der Waals surface area contributed by atoms with Crippen molar-refractivity contribution in [2.75, 3.05) is 13.2 Å². The van der Waals surface area contributed by atoms with Gasteiger partial charge in [0.15, 0.2) is 6.61 Å². The largest absolute Gasteiger partial charge is 0.481 e. The van der Waals surface area contributed by atoms with Gasteiger partial charge in [0, 0.05) is 11.6 Å². The van der Waals surface area contributed by atoms with Gasteiger partial charge in [-0.3, -0.25) is 14.6 Å². The maximum Gasteiger partial charge on any atom is 0.322 e. The quantitative estimate of drug-likeness (QED) is 0.830. The van der Waals surface area contributed by atoms with Gasteiger partial charge in [-0.05, 0) is 12.1 Å². The minimum Gasteiger partial charge on any atom is -0.481 e. The Kier molecular flexibility index (Phi) is 3.92. The number of hydrogen-bond acceptors (Lipinski definition) is 4. The number of para-hydroxylation sites is 1. The zero-order valence-electron chi connectivity index (χ0n) is 10.00. The van der Waals surface area contributed by atoms with Crippen molar-refractivity contribution in [3.63, 3.8) is 0 Å². The Bertz CT molecular complexity index is 607. The fourth-order valence-corrected chi connectivity index (χ4v) is 1.56. The number of aliphatic carboxylic acids is 1. The van der Waals surface area contributed by atoms with Crippen LogP contribution in [-0.4, -0.2) is 35.1 Å². The number of ether oxygens (including phenoxy) is 1. The molecule has 0 atom stereocenters. The zero-order valence-corrected chi connectivity index (χ0v) is 10.00. The molecule has 6 heteroatoms. The van der Waals surface area contributed by atoms with Gasteiger partial charge in [0.05, 0.1) is 0 Å². The van der Waals surface area contributed by atoms with E-state index in [2.05, 4.69) is 10.3 Å². The molecule has 0 saturated heterocycles. The Labute approximate surface area is 109 Å². The van der Waals surface area contributed by atoms with Gasteiger partial charge in [-0.15, -0.1) is 0 Å². The van der Waals surface area contributed by atoms with Gasteiger partial charge in [0.25, 0.3) is 5.91 Å². The van der Waals surface area contributed by atoms with Crippen LogP contribution in [0.3, 0.4) is 0 Å². The van der Waals surface area contributed by atoms with Crippen molar-refractivity contribution in [3.8, 4) is 5.75 Å². The van der Waals surface area contributed by atoms with E-state index < -0.39 is 18.4 Å². The molecule has 2 N–H and O–H groups in total. The van der Waals surface area contributed by atoms with Gasteiger partial charge < -0.3 is 15.2 Å². The smallest absolute Gasteiger partial charge is 0.322 e. The summed E-state index contributed by atoms with van der Waals surface area (Å²) in [5.41, 5.74) is 0.663. The maximum absolute atomic E-state index is 11.3. The second-order valence-electron chi connectivity index (χ2n) is 3.79. The highest BCUT2D eigenvalue weighted by molar-refractivity contribution is 5.85. The van der Waals surface area contributed by atoms with Crippen molar-refractivity contribution in [2.24, 2.45) is 0 Å². The summed E-state index contributed by atoms with van der Waals surface area (Å²) in [4.78, 5) is 25.8. The number of benzene rings is 1. The predicted molar refractivity (Wildman–Crippen MR) is 67.9 cm³/mol. The summed E-state index contributed by atoms with van der Waals surface area (Å²) in [7, 11) is 0. The van der Waals surface area contributed by atoms with Crippen LogP contribution in [0, 0.1) is 0 Å². The van der Waals surface area contributed by atoms with Crippen LogP contribution >= 0.6 is 0 Å². The molecule has 0 bridgehead atoms. The van der Waals surface area contributed by atoms with E-state index in [1.165, 1.54) is 0 Å². The minimum atomic E-state index is -1.10. The maximum atomic E-state index is 11.3. The van der Waals surface area contributed by atoms with E-state index in [-0.39, 0.29) is 6.61 Å². The molecule has 2 rings (SSSR count). The molecule has 1 heterocycles. The van der Waals surface area contributed by atoms with E-state index in [1.54, 1.807) is 18.3 Å². The molecule has 98 valence electrons. The van der Waals surface area contributed by atoms with Crippen LogP contribution in [-0.2, 0) is 9.59 Å². The number of aromatic nitrogens is 1. The number of rotatable bonds is 5. The number of carboxylic acid groups (broad SMARTS) is 1. The van der Waals surface area contributed by atoms with Gasteiger partial charge in [-0.2, -0.15) is 0 Å². The van der Waals surface area contributed by atoms with Crippen molar-refractivity contribution in [1.82, 2.24) is 10.3 Å². The third kappa shape index (κ3) is 3.41. The van der Waals surface area contributed by atoms with Crippen molar-refractivity contribution < 1.29 is 19.4 Å². The molecule has 19 heavy (non-hydrogen) atoms. The standard InChI is InChI=1S/C13H12N2O4/c16-11(15-7-12(17)18)8-19-10-5-1-3-9-4-2-6-14-13(9)10/h1-6H,7-8H2,(H,15,16)(H,17,18). The van der Waals surface area contributed by atoms with Crippen molar-refractivity contribution in [2.45, 2.75) is 0 Å². The molecule has 0 unspecified atom stereocenters. The van der Waals surface area contributed by atoms with Gasteiger partial charge >= 0.3 is 5.97 Å². The van der Waals surface area contributed by atoms with Crippen molar-refractivity contribution >= 4 is 22.8 Å². The van der Waals surface area contributed by atoms with E-state index >= 15 is 0 Å². The van der Waals surface area contributed by atoms with E-state index in [1.807, 2.05) is 18.2 Å². The molecular weight excluding hydrogens is 248 g/mol. The Morgan fingerprint density at radius 3 is 2.84 bits per heavy atom. The molecule has 0 spiro atoms. The number of hydrogen-bond donors (Lipinski definition) is 2. The van der Waals surface area contributed by atoms with Crippen LogP contribution in [0.25, 0.3) is 10.9 Å². The van der Waals surface area contributed by atoms with Crippen LogP contribution in [0.5, 0.6) is 5.75 Å². The summed E-state index contributed by atoms with van der Waals surface area (Å²) >= 11 is 0. The summed E-state index contributed by atoms with van der Waals surface area (Å²) in [5, 5.41) is 11.5. The van der Waals surface area contributed by atoms with E-state index in [4.69, 9.17) is 9.84 Å². The van der Waals surface area contributed by atoms with Gasteiger partial charge in [-0.1, -0.05) is 18.2 Å². The van der Waals surface area contributed by atoms with E-state index in [0.29, 0.717) is 11.3 Å². The molecule has 6 nitrogen and oxygen atoms in total. The molecule has 1 amide bonds. The number of carbonyl (C=O) groups is 2. The summed E-state index contributed by atoms with van der Waals surface area (Å²) in [5.74, 6) is -1.10. The van der Waals surface area contributed by atoms with Crippen molar-refractivity contribution in [3.05, 3.63) is 36.5 Å². The first-order valence-electron chi connectivity index (χ1n) is 5.62. The molecule has 0 saturated carbocycles. The number of fused-ring (bicyclic) bond motifs is 1. The Morgan fingerprint density at radius 1 is 1.26 bits per heavy atom. The van der Waals surface area contributed by atoms with Gasteiger partial charge in [0.1, 0.15) is 17.8 Å². The molecule has 0 aliphatic rings. The molecule has 0 fully saturated rings. The minimum absolute atomic E-state index is 0.247. The van der Waals surface area contributed by atoms with Crippen LogP contribution in [0.1, 0.15) is 0 Å². The molecule has 2 aromatic rings. The molecule has 0 aliphatic carbocycles. The van der Waals surface area contributed by atoms with Crippen molar-refractivity contribution in [1.29, 1.82) is 0 Å². The number of nitrogens with one attached hydrogen (secondary N) is 1. The van der Waals surface area contributed by atoms with Crippen LogP contribution in [0.15, 0.2) is 36.5 Å². The van der Waals surface area contributed by atoms with Crippen LogP contribution in [0.2, 0.25) is 0 Å². The Balaban J connectivity index is 2.02. The lowest BCUT2D eigenvalue weighted by Gasteiger charge is -2.08. The third-order valence-electron chi connectivity index (χ3n) is 2.39.